The van der Waals surface area contributed by atoms with Crippen molar-refractivity contribution in [1.29, 1.82) is 0 Å². The lowest BCUT2D eigenvalue weighted by atomic mass is 9.88. The molecule has 1 atom stereocenters. The monoisotopic (exact) mass is 351 g/mol. The second-order valence-corrected chi connectivity index (χ2v) is 5.97. The van der Waals surface area contributed by atoms with E-state index in [1.807, 2.05) is 0 Å². The molecule has 0 aromatic heterocycles. The molecule has 0 aliphatic carbocycles. The normalized spacial score (nSPS) is 16.1. The molecule has 3 rings (SSSR count). The number of rotatable bonds is 3. The molecule has 0 radical (unpaired) electrons. The zero-order valence-corrected chi connectivity index (χ0v) is 14.3. The highest BCUT2D eigenvalue weighted by Crippen LogP contribution is 2.30. The van der Waals surface area contributed by atoms with Crippen LogP contribution in [-0.4, -0.2) is 35.6 Å². The van der Waals surface area contributed by atoms with E-state index in [1.165, 1.54) is 14.0 Å². The summed E-state index contributed by atoms with van der Waals surface area (Å²) >= 11 is 0. The zero-order chi connectivity index (χ0) is 18.8. The van der Waals surface area contributed by atoms with Gasteiger partial charge in [-0.15, -0.1) is 0 Å². The van der Waals surface area contributed by atoms with Gasteiger partial charge < -0.3 is 10.6 Å². The van der Waals surface area contributed by atoms with E-state index in [0.717, 1.165) is 4.90 Å². The minimum absolute atomic E-state index is 0.195. The molecular formula is C19H17N3O4. The van der Waals surface area contributed by atoms with Crippen LogP contribution in [0.2, 0.25) is 0 Å². The van der Waals surface area contributed by atoms with Crippen molar-refractivity contribution in [2.45, 2.75) is 12.8 Å². The highest BCUT2D eigenvalue weighted by atomic mass is 16.2. The lowest BCUT2D eigenvalue weighted by molar-refractivity contribution is -0.134. The van der Waals surface area contributed by atoms with Crippen molar-refractivity contribution in [3.8, 4) is 0 Å². The highest BCUT2D eigenvalue weighted by Gasteiger charge is 2.40. The first-order chi connectivity index (χ1) is 12.4. The van der Waals surface area contributed by atoms with Gasteiger partial charge in [0.05, 0.1) is 0 Å². The molecule has 1 heterocycles. The van der Waals surface area contributed by atoms with Crippen LogP contribution in [0, 0.1) is 0 Å². The minimum Gasteiger partial charge on any atom is -0.326 e. The topological polar surface area (TPSA) is 95.6 Å². The molecule has 2 aromatic carbocycles. The smallest absolute Gasteiger partial charge is 0.260 e. The number of carbonyl (C=O) groups excluding carboxylic acids is 4. The van der Waals surface area contributed by atoms with Crippen molar-refractivity contribution in [2.75, 3.05) is 17.7 Å². The summed E-state index contributed by atoms with van der Waals surface area (Å²) in [6.07, 6.45) is 0. The van der Waals surface area contributed by atoms with Crippen molar-refractivity contribution in [1.82, 2.24) is 4.90 Å². The number of nitrogens with one attached hydrogen (secondary N) is 2. The predicted octanol–water partition coefficient (Wildman–Crippen LogP) is 1.98. The first-order valence-corrected chi connectivity index (χ1v) is 7.98. The number of anilines is 2. The fourth-order valence-corrected chi connectivity index (χ4v) is 2.86. The Kier molecular flexibility index (Phi) is 4.53. The number of hydrogen-bond donors (Lipinski definition) is 2. The molecule has 0 fully saturated rings. The van der Waals surface area contributed by atoms with Crippen LogP contribution in [0.4, 0.5) is 11.4 Å². The second kappa shape index (κ2) is 6.79. The van der Waals surface area contributed by atoms with Gasteiger partial charge >= 0.3 is 0 Å². The Bertz CT molecular complexity index is 905. The summed E-state index contributed by atoms with van der Waals surface area (Å²) in [5.74, 6) is -2.80. The molecule has 1 unspecified atom stereocenters. The summed E-state index contributed by atoms with van der Waals surface area (Å²) in [5, 5.41) is 5.32. The van der Waals surface area contributed by atoms with Gasteiger partial charge in [0.1, 0.15) is 5.92 Å². The van der Waals surface area contributed by atoms with Crippen molar-refractivity contribution in [3.63, 3.8) is 0 Å². The van der Waals surface area contributed by atoms with Gasteiger partial charge in [0.25, 0.3) is 5.91 Å². The number of carbonyl (C=O) groups is 4. The molecule has 2 N–H and O–H groups in total. The largest absolute Gasteiger partial charge is 0.326 e. The van der Waals surface area contributed by atoms with Crippen molar-refractivity contribution >= 4 is 35.0 Å². The standard InChI is InChI=1S/C19H17N3O4/c1-11(23)20-12-7-9-13(10-8-12)21-17(24)16-14-5-3-4-6-15(14)18(25)22(2)19(16)26/h3-10,16H,1-2H3,(H,20,23)(H,21,24). The van der Waals surface area contributed by atoms with Crippen LogP contribution in [0.1, 0.15) is 28.8 Å². The SMILES string of the molecule is CC(=O)Nc1ccc(NC(=O)C2C(=O)N(C)C(=O)c3ccccc32)cc1. The molecule has 0 saturated carbocycles. The Morgan fingerprint density at radius 3 is 2.12 bits per heavy atom. The van der Waals surface area contributed by atoms with Crippen LogP contribution >= 0.6 is 0 Å². The van der Waals surface area contributed by atoms with Crippen molar-refractivity contribution in [3.05, 3.63) is 59.7 Å². The third-order valence-electron chi connectivity index (χ3n) is 4.12. The summed E-state index contributed by atoms with van der Waals surface area (Å²) in [4.78, 5) is 49.4. The van der Waals surface area contributed by atoms with Gasteiger partial charge in [0.15, 0.2) is 0 Å². The van der Waals surface area contributed by atoms with Gasteiger partial charge in [-0.05, 0) is 35.9 Å². The number of amides is 4. The second-order valence-electron chi connectivity index (χ2n) is 5.97. The van der Waals surface area contributed by atoms with E-state index >= 15 is 0 Å². The number of nitrogens with zero attached hydrogens (tertiary/aromatic N) is 1. The molecule has 26 heavy (non-hydrogen) atoms. The van der Waals surface area contributed by atoms with Crippen LogP contribution in [0.5, 0.6) is 0 Å². The van der Waals surface area contributed by atoms with Crippen LogP contribution in [-0.2, 0) is 14.4 Å². The predicted molar refractivity (Wildman–Crippen MR) is 95.7 cm³/mol. The van der Waals surface area contributed by atoms with Gasteiger partial charge in [0, 0.05) is 30.9 Å². The molecule has 7 heteroatoms. The molecule has 0 bridgehead atoms. The summed E-state index contributed by atoms with van der Waals surface area (Å²) in [6.45, 7) is 1.40. The first kappa shape index (κ1) is 17.3. The summed E-state index contributed by atoms with van der Waals surface area (Å²) in [5.41, 5.74) is 1.82. The third kappa shape index (κ3) is 3.19. The van der Waals surface area contributed by atoms with Crippen LogP contribution in [0.3, 0.4) is 0 Å². The molecule has 0 spiro atoms. The molecular weight excluding hydrogens is 334 g/mol. The van der Waals surface area contributed by atoms with Gasteiger partial charge in [-0.3, -0.25) is 24.1 Å². The van der Waals surface area contributed by atoms with E-state index in [1.54, 1.807) is 48.5 Å². The highest BCUT2D eigenvalue weighted by molar-refractivity contribution is 6.20. The maximum Gasteiger partial charge on any atom is 0.260 e. The van der Waals surface area contributed by atoms with Crippen LogP contribution in [0.25, 0.3) is 0 Å². The van der Waals surface area contributed by atoms with Crippen LogP contribution in [0.15, 0.2) is 48.5 Å². The van der Waals surface area contributed by atoms with Gasteiger partial charge in [-0.1, -0.05) is 18.2 Å². The van der Waals surface area contributed by atoms with E-state index in [2.05, 4.69) is 10.6 Å². The fraction of sp³-hybridized carbons (Fsp3) is 0.158. The number of imide groups is 1. The minimum atomic E-state index is -1.09. The van der Waals surface area contributed by atoms with Gasteiger partial charge in [-0.2, -0.15) is 0 Å². The third-order valence-corrected chi connectivity index (χ3v) is 4.12. The zero-order valence-electron chi connectivity index (χ0n) is 14.3. The number of fused-ring (bicyclic) bond motifs is 1. The molecule has 2 aromatic rings. The molecule has 132 valence electrons. The Morgan fingerprint density at radius 1 is 0.923 bits per heavy atom. The lowest BCUT2D eigenvalue weighted by Gasteiger charge is -2.29. The van der Waals surface area contributed by atoms with E-state index in [-0.39, 0.29) is 5.91 Å². The Hall–Kier alpha value is -3.48. The fourth-order valence-electron chi connectivity index (χ4n) is 2.86. The lowest BCUT2D eigenvalue weighted by Crippen LogP contribution is -2.46. The van der Waals surface area contributed by atoms with Gasteiger partial charge in [-0.25, -0.2) is 0 Å². The Morgan fingerprint density at radius 2 is 1.50 bits per heavy atom. The maximum absolute atomic E-state index is 12.7. The summed E-state index contributed by atoms with van der Waals surface area (Å²) in [6, 6.07) is 13.1. The Balaban J connectivity index is 1.85. The number of benzene rings is 2. The molecule has 7 nitrogen and oxygen atoms in total. The van der Waals surface area contributed by atoms with Gasteiger partial charge in [0.2, 0.25) is 17.7 Å². The average molecular weight is 351 g/mol. The molecule has 4 amide bonds. The summed E-state index contributed by atoms with van der Waals surface area (Å²) in [7, 11) is 1.36. The molecule has 1 aliphatic heterocycles. The summed E-state index contributed by atoms with van der Waals surface area (Å²) < 4.78 is 0. The first-order valence-electron chi connectivity index (χ1n) is 7.98. The van der Waals surface area contributed by atoms with Crippen molar-refractivity contribution in [2.24, 2.45) is 0 Å². The molecule has 0 saturated heterocycles. The average Bonchev–Trinajstić information content (AvgIpc) is 2.61. The maximum atomic E-state index is 12.7. The number of likely N-dealkylation sites (N-methyl/N-ethyl adjacent to an activating group) is 1. The van der Waals surface area contributed by atoms with E-state index in [0.29, 0.717) is 22.5 Å². The quantitative estimate of drug-likeness (QED) is 0.653. The van der Waals surface area contributed by atoms with Crippen molar-refractivity contribution < 1.29 is 19.2 Å². The van der Waals surface area contributed by atoms with E-state index < -0.39 is 23.6 Å². The Labute approximate surface area is 150 Å². The number of hydrogen-bond acceptors (Lipinski definition) is 4. The van der Waals surface area contributed by atoms with E-state index in [4.69, 9.17) is 0 Å². The molecule has 1 aliphatic rings. The van der Waals surface area contributed by atoms with Crippen LogP contribution < -0.4 is 10.6 Å². The van der Waals surface area contributed by atoms with E-state index in [9.17, 15) is 19.2 Å².